The van der Waals surface area contributed by atoms with Crippen LogP contribution < -0.4 is 0 Å². The van der Waals surface area contributed by atoms with Gasteiger partial charge >= 0.3 is 0 Å². The Morgan fingerprint density at radius 1 is 1.09 bits per heavy atom. The van der Waals surface area contributed by atoms with E-state index in [1.807, 2.05) is 13.0 Å². The van der Waals surface area contributed by atoms with Crippen molar-refractivity contribution in [2.24, 2.45) is 0 Å². The van der Waals surface area contributed by atoms with Gasteiger partial charge in [-0.05, 0) is 36.1 Å². The molecule has 0 unspecified atom stereocenters. The minimum atomic E-state index is -0.126. The van der Waals surface area contributed by atoms with E-state index >= 15 is 0 Å². The highest BCUT2D eigenvalue weighted by atomic mass is 19.1. The molecule has 0 aliphatic heterocycles. The van der Waals surface area contributed by atoms with Crippen LogP contribution in [0.5, 0.6) is 0 Å². The molecule has 0 fully saturated rings. The largest absolute Gasteiger partial charge is 0.207 e. The number of halogens is 1. The van der Waals surface area contributed by atoms with Crippen molar-refractivity contribution >= 4 is 0 Å². The minimum absolute atomic E-state index is 0.126. The third-order valence-electron chi connectivity index (χ3n) is 1.93. The lowest BCUT2D eigenvalue weighted by Crippen LogP contribution is -1.91. The maximum absolute atomic E-state index is 12.7. The van der Waals surface area contributed by atoms with Crippen LogP contribution in [0.3, 0.4) is 0 Å². The quantitative estimate of drug-likeness (QED) is 0.611. The van der Waals surface area contributed by atoms with Gasteiger partial charge in [0.15, 0.2) is 0 Å². The third-order valence-corrected chi connectivity index (χ3v) is 1.93. The average Bonchev–Trinajstić information content (AvgIpc) is 2.04. The molecule has 0 radical (unpaired) electrons. The van der Waals surface area contributed by atoms with Gasteiger partial charge in [0.05, 0.1) is 0 Å². The fourth-order valence-corrected chi connectivity index (χ4v) is 1.27. The lowest BCUT2D eigenvalue weighted by Gasteiger charge is -2.03. The molecule has 0 amide bonds. The smallest absolute Gasteiger partial charge is 0.123 e. The summed E-state index contributed by atoms with van der Waals surface area (Å²) >= 11 is 0. The van der Waals surface area contributed by atoms with E-state index in [4.69, 9.17) is 0 Å². The zero-order valence-electron chi connectivity index (χ0n) is 7.02. The maximum atomic E-state index is 12.7. The molecule has 0 spiro atoms. The molecular weight excluding hydrogens is 139 g/mol. The molecule has 0 aliphatic rings. The Morgan fingerprint density at radius 2 is 1.73 bits per heavy atom. The highest BCUT2D eigenvalue weighted by molar-refractivity contribution is 5.27. The first-order valence-electron chi connectivity index (χ1n) is 4.05. The predicted octanol–water partition coefficient (Wildman–Crippen LogP) is 2.95. The van der Waals surface area contributed by atoms with E-state index in [-0.39, 0.29) is 5.82 Å². The van der Waals surface area contributed by atoms with Gasteiger partial charge in [0.1, 0.15) is 5.82 Å². The normalized spacial score (nSPS) is 10.1. The van der Waals surface area contributed by atoms with Gasteiger partial charge in [-0.15, -0.1) is 0 Å². The summed E-state index contributed by atoms with van der Waals surface area (Å²) < 4.78 is 12.7. The fraction of sp³-hybridized carbons (Fsp3) is 0.400. The second-order valence-electron chi connectivity index (χ2n) is 2.62. The molecule has 0 saturated heterocycles. The van der Waals surface area contributed by atoms with Crippen LogP contribution in [-0.4, -0.2) is 0 Å². The van der Waals surface area contributed by atoms with Gasteiger partial charge in [-0.2, -0.15) is 0 Å². The summed E-state index contributed by atoms with van der Waals surface area (Å²) in [6.45, 7) is 4.14. The van der Waals surface area contributed by atoms with Crippen LogP contribution in [0.4, 0.5) is 4.39 Å². The second kappa shape index (κ2) is 3.51. The third kappa shape index (κ3) is 1.79. The van der Waals surface area contributed by atoms with Crippen LogP contribution in [0.25, 0.3) is 0 Å². The van der Waals surface area contributed by atoms with Crippen molar-refractivity contribution in [1.82, 2.24) is 0 Å². The molecule has 1 aromatic rings. The molecule has 0 nitrogen and oxygen atoms in total. The number of aryl methyl sites for hydroxylation is 2. The molecule has 11 heavy (non-hydrogen) atoms. The molecule has 0 bridgehead atoms. The molecule has 0 heterocycles. The van der Waals surface area contributed by atoms with Crippen molar-refractivity contribution < 1.29 is 4.39 Å². The van der Waals surface area contributed by atoms with Gasteiger partial charge in [0.2, 0.25) is 0 Å². The summed E-state index contributed by atoms with van der Waals surface area (Å²) in [6.07, 6.45) is 1.91. The lowest BCUT2D eigenvalue weighted by atomic mass is 10.0. The molecule has 60 valence electrons. The Kier molecular flexibility index (Phi) is 2.64. The van der Waals surface area contributed by atoms with Gasteiger partial charge in [0.25, 0.3) is 0 Å². The van der Waals surface area contributed by atoms with Gasteiger partial charge in [-0.3, -0.25) is 0 Å². The summed E-state index contributed by atoms with van der Waals surface area (Å²) in [5.74, 6) is -0.126. The van der Waals surface area contributed by atoms with Gasteiger partial charge in [-0.1, -0.05) is 19.9 Å². The molecule has 1 aromatic carbocycles. The van der Waals surface area contributed by atoms with Crippen molar-refractivity contribution in [2.45, 2.75) is 26.7 Å². The fourth-order valence-electron chi connectivity index (χ4n) is 1.27. The molecule has 0 aliphatic carbocycles. The highest BCUT2D eigenvalue weighted by Crippen LogP contribution is 2.12. The zero-order chi connectivity index (χ0) is 8.27. The van der Waals surface area contributed by atoms with Crippen molar-refractivity contribution in [2.75, 3.05) is 0 Å². The van der Waals surface area contributed by atoms with E-state index in [1.165, 1.54) is 11.6 Å². The van der Waals surface area contributed by atoms with Gasteiger partial charge in [0, 0.05) is 0 Å². The van der Waals surface area contributed by atoms with Crippen molar-refractivity contribution in [3.05, 3.63) is 35.1 Å². The lowest BCUT2D eigenvalue weighted by molar-refractivity contribution is 0.624. The van der Waals surface area contributed by atoms with Crippen LogP contribution in [0, 0.1) is 5.82 Å². The van der Waals surface area contributed by atoms with Crippen molar-refractivity contribution in [1.29, 1.82) is 0 Å². The highest BCUT2D eigenvalue weighted by Gasteiger charge is 1.98. The number of rotatable bonds is 2. The predicted molar refractivity (Wildman–Crippen MR) is 45.2 cm³/mol. The summed E-state index contributed by atoms with van der Waals surface area (Å²) in [5, 5.41) is 0. The first-order valence-corrected chi connectivity index (χ1v) is 4.05. The van der Waals surface area contributed by atoms with E-state index in [9.17, 15) is 4.39 Å². The Balaban J connectivity index is 3.06. The molecule has 0 saturated carbocycles. The molecule has 1 heteroatoms. The summed E-state index contributed by atoms with van der Waals surface area (Å²) in [4.78, 5) is 0. The summed E-state index contributed by atoms with van der Waals surface area (Å²) in [6, 6.07) is 5.02. The number of benzene rings is 1. The molecule has 0 N–H and O–H groups in total. The van der Waals surface area contributed by atoms with Crippen molar-refractivity contribution in [3.63, 3.8) is 0 Å². The van der Waals surface area contributed by atoms with Crippen LogP contribution in [0.2, 0.25) is 0 Å². The summed E-state index contributed by atoms with van der Waals surface area (Å²) in [7, 11) is 0. The minimum Gasteiger partial charge on any atom is -0.207 e. The van der Waals surface area contributed by atoms with Gasteiger partial charge < -0.3 is 0 Å². The zero-order valence-corrected chi connectivity index (χ0v) is 7.02. The number of hydrogen-bond donors (Lipinski definition) is 0. The Labute approximate surface area is 67.1 Å². The topological polar surface area (TPSA) is 0 Å². The standard InChI is InChI=1S/C10H13F/c1-3-8-5-6-10(11)7-9(8)4-2/h5-7H,3-4H2,1-2H3. The molecule has 0 aromatic heterocycles. The number of hydrogen-bond acceptors (Lipinski definition) is 0. The Morgan fingerprint density at radius 3 is 2.27 bits per heavy atom. The molecule has 1 rings (SSSR count). The maximum Gasteiger partial charge on any atom is 0.123 e. The monoisotopic (exact) mass is 152 g/mol. The first-order chi connectivity index (χ1) is 5.27. The van der Waals surface area contributed by atoms with E-state index in [0.717, 1.165) is 18.4 Å². The van der Waals surface area contributed by atoms with Crippen LogP contribution >= 0.6 is 0 Å². The van der Waals surface area contributed by atoms with E-state index in [2.05, 4.69) is 6.92 Å². The SMILES string of the molecule is CCc1ccc(F)cc1CC. The Hall–Kier alpha value is -0.850. The van der Waals surface area contributed by atoms with E-state index < -0.39 is 0 Å². The second-order valence-corrected chi connectivity index (χ2v) is 2.62. The van der Waals surface area contributed by atoms with Crippen molar-refractivity contribution in [3.8, 4) is 0 Å². The van der Waals surface area contributed by atoms with Crippen LogP contribution in [0.1, 0.15) is 25.0 Å². The molecular formula is C10H13F. The van der Waals surface area contributed by atoms with E-state index in [1.54, 1.807) is 6.07 Å². The Bertz CT molecular complexity index is 241. The molecule has 0 atom stereocenters. The van der Waals surface area contributed by atoms with Crippen LogP contribution in [-0.2, 0) is 12.8 Å². The first kappa shape index (κ1) is 8.25. The van der Waals surface area contributed by atoms with Gasteiger partial charge in [-0.25, -0.2) is 4.39 Å². The summed E-state index contributed by atoms with van der Waals surface area (Å²) in [5.41, 5.74) is 2.39. The van der Waals surface area contributed by atoms with E-state index in [0.29, 0.717) is 0 Å². The average molecular weight is 152 g/mol. The van der Waals surface area contributed by atoms with Crippen LogP contribution in [0.15, 0.2) is 18.2 Å².